The van der Waals surface area contributed by atoms with E-state index in [1.54, 1.807) is 19.2 Å². The van der Waals surface area contributed by atoms with Crippen molar-refractivity contribution >= 4 is 5.69 Å². The minimum atomic E-state index is 0.453. The van der Waals surface area contributed by atoms with E-state index < -0.39 is 0 Å². The molecule has 20 heavy (non-hydrogen) atoms. The molecule has 0 bridgehead atoms. The van der Waals surface area contributed by atoms with Gasteiger partial charge in [-0.15, -0.1) is 0 Å². The Balaban J connectivity index is 2.32. The van der Waals surface area contributed by atoms with Gasteiger partial charge in [-0.1, -0.05) is 32.0 Å². The number of hydrogen-bond donors (Lipinski definition) is 1. The summed E-state index contributed by atoms with van der Waals surface area (Å²) in [4.78, 5) is 0. The largest absolute Gasteiger partial charge is 0.497 e. The normalized spacial score (nSPS) is 11.9. The van der Waals surface area contributed by atoms with Crippen LogP contribution in [0, 0.1) is 0 Å². The van der Waals surface area contributed by atoms with Gasteiger partial charge in [0, 0.05) is 23.9 Å². The Bertz CT molecular complexity index is 581. The van der Waals surface area contributed by atoms with Crippen LogP contribution in [0.25, 0.3) is 0 Å². The second-order valence-corrected chi connectivity index (χ2v) is 4.89. The Labute approximate surface area is 120 Å². The topological polar surface area (TPSA) is 44.5 Å². The fourth-order valence-corrected chi connectivity index (χ4v) is 2.10. The minimum absolute atomic E-state index is 0.453. The van der Waals surface area contributed by atoms with Gasteiger partial charge in [0.05, 0.1) is 7.11 Å². The van der Waals surface area contributed by atoms with Crippen molar-refractivity contribution in [1.29, 1.82) is 0 Å². The molecule has 0 spiro atoms. The molecule has 3 nitrogen and oxygen atoms in total. The molecule has 0 aliphatic rings. The molecule has 0 aliphatic heterocycles. The molecule has 106 valence electrons. The number of rotatable bonds is 5. The Hall–Kier alpha value is -2.16. The molecular formula is C17H21NO2. The Kier molecular flexibility index (Phi) is 4.51. The summed E-state index contributed by atoms with van der Waals surface area (Å²) in [5.74, 6) is 2.71. The lowest BCUT2D eigenvalue weighted by Gasteiger charge is -2.16. The molecular weight excluding hydrogens is 250 g/mol. The van der Waals surface area contributed by atoms with Gasteiger partial charge in [-0.25, -0.2) is 0 Å². The third kappa shape index (κ3) is 3.23. The van der Waals surface area contributed by atoms with E-state index in [-0.39, 0.29) is 0 Å². The molecule has 0 saturated carbocycles. The molecule has 0 aliphatic carbocycles. The summed E-state index contributed by atoms with van der Waals surface area (Å²) in [5.41, 5.74) is 7.68. The fraction of sp³-hybridized carbons (Fsp3) is 0.294. The van der Waals surface area contributed by atoms with E-state index in [9.17, 15) is 0 Å². The van der Waals surface area contributed by atoms with E-state index >= 15 is 0 Å². The first-order valence-corrected chi connectivity index (χ1v) is 6.85. The van der Waals surface area contributed by atoms with E-state index in [1.165, 1.54) is 5.56 Å². The highest BCUT2D eigenvalue weighted by Crippen LogP contribution is 2.34. The Morgan fingerprint density at radius 2 is 1.80 bits per heavy atom. The van der Waals surface area contributed by atoms with E-state index in [2.05, 4.69) is 19.9 Å². The number of benzene rings is 2. The monoisotopic (exact) mass is 271 g/mol. The molecule has 0 saturated heterocycles. The lowest BCUT2D eigenvalue weighted by Crippen LogP contribution is -1.97. The molecule has 2 aromatic rings. The SMILES string of the molecule is CCC(C)c1ccccc1Oc1cc(N)cc(OC)c1. The van der Waals surface area contributed by atoms with Crippen LogP contribution in [0.2, 0.25) is 0 Å². The number of methoxy groups -OCH3 is 1. The third-order valence-electron chi connectivity index (χ3n) is 3.43. The number of nitrogens with two attached hydrogens (primary N) is 1. The zero-order valence-corrected chi connectivity index (χ0v) is 12.2. The van der Waals surface area contributed by atoms with E-state index in [1.807, 2.05) is 24.3 Å². The van der Waals surface area contributed by atoms with Gasteiger partial charge in [0.2, 0.25) is 0 Å². The predicted molar refractivity (Wildman–Crippen MR) is 82.6 cm³/mol. The first-order chi connectivity index (χ1) is 9.63. The van der Waals surface area contributed by atoms with Gasteiger partial charge in [0.1, 0.15) is 17.2 Å². The van der Waals surface area contributed by atoms with Crippen molar-refractivity contribution in [2.45, 2.75) is 26.2 Å². The standard InChI is InChI=1S/C17H21NO2/c1-4-12(2)16-7-5-6-8-17(16)20-15-10-13(18)9-14(11-15)19-3/h5-12H,4,18H2,1-3H3. The van der Waals surface area contributed by atoms with E-state index in [0.29, 0.717) is 23.1 Å². The van der Waals surface area contributed by atoms with Crippen LogP contribution in [0.1, 0.15) is 31.7 Å². The van der Waals surface area contributed by atoms with Gasteiger partial charge >= 0.3 is 0 Å². The van der Waals surface area contributed by atoms with Gasteiger partial charge in [0.15, 0.2) is 0 Å². The van der Waals surface area contributed by atoms with Crippen LogP contribution in [0.4, 0.5) is 5.69 Å². The van der Waals surface area contributed by atoms with Crippen LogP contribution >= 0.6 is 0 Å². The van der Waals surface area contributed by atoms with Crippen LogP contribution < -0.4 is 15.2 Å². The van der Waals surface area contributed by atoms with Crippen LogP contribution in [0.5, 0.6) is 17.2 Å². The number of para-hydroxylation sites is 1. The van der Waals surface area contributed by atoms with E-state index in [4.69, 9.17) is 15.2 Å². The zero-order valence-electron chi connectivity index (χ0n) is 12.2. The summed E-state index contributed by atoms with van der Waals surface area (Å²) in [6, 6.07) is 13.5. The smallest absolute Gasteiger partial charge is 0.133 e. The first kappa shape index (κ1) is 14.3. The summed E-state index contributed by atoms with van der Waals surface area (Å²) in [6.45, 7) is 4.37. The molecule has 0 fully saturated rings. The second-order valence-electron chi connectivity index (χ2n) is 4.89. The molecule has 2 N–H and O–H groups in total. The van der Waals surface area contributed by atoms with Crippen LogP contribution in [-0.2, 0) is 0 Å². The van der Waals surface area contributed by atoms with Gasteiger partial charge in [0.25, 0.3) is 0 Å². The number of ether oxygens (including phenoxy) is 2. The Morgan fingerprint density at radius 1 is 1.10 bits per heavy atom. The van der Waals surface area contributed by atoms with Gasteiger partial charge in [-0.2, -0.15) is 0 Å². The van der Waals surface area contributed by atoms with Crippen molar-refractivity contribution in [1.82, 2.24) is 0 Å². The average molecular weight is 271 g/mol. The maximum absolute atomic E-state index is 6.00. The van der Waals surface area contributed by atoms with E-state index in [0.717, 1.165) is 12.2 Å². The van der Waals surface area contributed by atoms with Crippen molar-refractivity contribution in [2.24, 2.45) is 0 Å². The van der Waals surface area contributed by atoms with Gasteiger partial charge < -0.3 is 15.2 Å². The zero-order chi connectivity index (χ0) is 14.5. The predicted octanol–water partition coefficient (Wildman–Crippen LogP) is 4.58. The van der Waals surface area contributed by atoms with Crippen LogP contribution in [0.3, 0.4) is 0 Å². The minimum Gasteiger partial charge on any atom is -0.497 e. The molecule has 0 amide bonds. The molecule has 1 atom stereocenters. The number of nitrogen functional groups attached to an aromatic ring is 1. The lowest BCUT2D eigenvalue weighted by molar-refractivity contribution is 0.408. The van der Waals surface area contributed by atoms with Crippen molar-refractivity contribution in [3.63, 3.8) is 0 Å². The molecule has 3 heteroatoms. The van der Waals surface area contributed by atoms with Gasteiger partial charge in [-0.05, 0) is 24.0 Å². The summed E-state index contributed by atoms with van der Waals surface area (Å²) in [7, 11) is 1.62. The van der Waals surface area contributed by atoms with Crippen LogP contribution in [0.15, 0.2) is 42.5 Å². The number of hydrogen-bond acceptors (Lipinski definition) is 3. The van der Waals surface area contributed by atoms with Crippen LogP contribution in [-0.4, -0.2) is 7.11 Å². The molecule has 0 radical (unpaired) electrons. The summed E-state index contributed by atoms with van der Waals surface area (Å²) in [6.07, 6.45) is 1.07. The van der Waals surface area contributed by atoms with Gasteiger partial charge in [-0.3, -0.25) is 0 Å². The highest BCUT2D eigenvalue weighted by Gasteiger charge is 2.11. The molecule has 2 aromatic carbocycles. The molecule has 2 rings (SSSR count). The quantitative estimate of drug-likeness (QED) is 0.809. The fourth-order valence-electron chi connectivity index (χ4n) is 2.10. The third-order valence-corrected chi connectivity index (χ3v) is 3.43. The highest BCUT2D eigenvalue weighted by atomic mass is 16.5. The molecule has 0 heterocycles. The number of anilines is 1. The van der Waals surface area contributed by atoms with Crippen molar-refractivity contribution in [2.75, 3.05) is 12.8 Å². The highest BCUT2D eigenvalue weighted by molar-refractivity contribution is 5.52. The summed E-state index contributed by atoms with van der Waals surface area (Å²) >= 11 is 0. The summed E-state index contributed by atoms with van der Waals surface area (Å²) < 4.78 is 11.2. The molecule has 1 unspecified atom stereocenters. The maximum atomic E-state index is 6.00. The molecule has 0 aromatic heterocycles. The maximum Gasteiger partial charge on any atom is 0.133 e. The van der Waals surface area contributed by atoms with Crippen molar-refractivity contribution in [3.05, 3.63) is 48.0 Å². The lowest BCUT2D eigenvalue weighted by atomic mass is 9.98. The first-order valence-electron chi connectivity index (χ1n) is 6.85. The Morgan fingerprint density at radius 3 is 2.50 bits per heavy atom. The average Bonchev–Trinajstić information content (AvgIpc) is 2.46. The van der Waals surface area contributed by atoms with Crippen molar-refractivity contribution < 1.29 is 9.47 Å². The second kappa shape index (κ2) is 6.33. The summed E-state index contributed by atoms with van der Waals surface area (Å²) in [5, 5.41) is 0. The van der Waals surface area contributed by atoms with Crippen molar-refractivity contribution in [3.8, 4) is 17.2 Å².